The Morgan fingerprint density at radius 3 is 2.50 bits per heavy atom. The third kappa shape index (κ3) is 3.59. The molecule has 0 aliphatic carbocycles. The lowest BCUT2D eigenvalue weighted by Crippen LogP contribution is -2.05. The zero-order valence-electron chi connectivity index (χ0n) is 9.74. The van der Waals surface area contributed by atoms with Gasteiger partial charge < -0.3 is 0 Å². The van der Waals surface area contributed by atoms with Crippen LogP contribution in [0.2, 0.25) is 5.02 Å². The second kappa shape index (κ2) is 6.74. The minimum absolute atomic E-state index is 0.433. The number of alkyl halides is 1. The minimum Gasteiger partial charge on any atom is -0.0921 e. The first-order valence-corrected chi connectivity index (χ1v) is 8.05. The Kier molecular flexibility index (Phi) is 5.28. The molecule has 1 atom stereocenters. The summed E-state index contributed by atoms with van der Waals surface area (Å²) in [7, 11) is 0. The van der Waals surface area contributed by atoms with E-state index in [2.05, 4.69) is 56.1 Å². The Bertz CT molecular complexity index is 525. The Labute approximate surface area is 130 Å². The molecule has 0 heterocycles. The summed E-state index contributed by atoms with van der Waals surface area (Å²) >= 11 is 13.3. The highest BCUT2D eigenvalue weighted by Gasteiger charge is 2.12. The van der Waals surface area contributed by atoms with Gasteiger partial charge in [0.1, 0.15) is 0 Å². The van der Waals surface area contributed by atoms with Crippen LogP contribution < -0.4 is 0 Å². The molecule has 2 aromatic carbocycles. The van der Waals surface area contributed by atoms with Gasteiger partial charge in [0.25, 0.3) is 0 Å². The number of rotatable bonds is 4. The Morgan fingerprint density at radius 1 is 1.06 bits per heavy atom. The zero-order valence-corrected chi connectivity index (χ0v) is 13.7. The van der Waals surface area contributed by atoms with Crippen molar-refractivity contribution in [3.63, 3.8) is 0 Å². The monoisotopic (exact) mass is 386 g/mol. The zero-order chi connectivity index (χ0) is 13.0. The van der Waals surface area contributed by atoms with Gasteiger partial charge >= 0.3 is 0 Å². The summed E-state index contributed by atoms with van der Waals surface area (Å²) in [6.45, 7) is 0. The Balaban J connectivity index is 2.23. The van der Waals surface area contributed by atoms with E-state index in [1.165, 1.54) is 11.1 Å². The summed E-state index contributed by atoms with van der Waals surface area (Å²) in [4.78, 5) is 0. The fraction of sp³-hybridized carbons (Fsp3) is 0.200. The van der Waals surface area contributed by atoms with E-state index in [1.54, 1.807) is 0 Å². The summed E-state index contributed by atoms with van der Waals surface area (Å²) < 4.78 is 1.16. The van der Waals surface area contributed by atoms with Crippen LogP contribution in [0.3, 0.4) is 0 Å². The lowest BCUT2D eigenvalue weighted by molar-refractivity contribution is 0.773. The normalized spacial score (nSPS) is 12.4. The van der Waals surface area contributed by atoms with Crippen molar-refractivity contribution in [2.24, 2.45) is 0 Å². The molecule has 2 aromatic rings. The van der Waals surface area contributed by atoms with Crippen LogP contribution >= 0.6 is 43.5 Å². The maximum absolute atomic E-state index is 6.06. The molecule has 3 heteroatoms. The fourth-order valence-corrected chi connectivity index (χ4v) is 3.20. The van der Waals surface area contributed by atoms with Crippen LogP contribution in [-0.2, 0) is 6.42 Å². The van der Waals surface area contributed by atoms with Crippen molar-refractivity contribution in [3.05, 3.63) is 69.2 Å². The number of hydrogen-bond donors (Lipinski definition) is 0. The first-order valence-electron chi connectivity index (χ1n) is 5.75. The summed E-state index contributed by atoms with van der Waals surface area (Å²) in [5, 5.41) is 1.72. The number of benzene rings is 2. The van der Waals surface area contributed by atoms with Gasteiger partial charge in [0.15, 0.2) is 0 Å². The molecule has 0 bridgehead atoms. The van der Waals surface area contributed by atoms with Gasteiger partial charge in [-0.15, -0.1) is 0 Å². The van der Waals surface area contributed by atoms with Crippen molar-refractivity contribution in [1.82, 2.24) is 0 Å². The van der Waals surface area contributed by atoms with Gasteiger partial charge in [0, 0.05) is 14.8 Å². The van der Waals surface area contributed by atoms with E-state index in [0.717, 1.165) is 21.2 Å². The Hall–Kier alpha value is -0.310. The van der Waals surface area contributed by atoms with Gasteiger partial charge in [0.2, 0.25) is 0 Å². The Morgan fingerprint density at radius 2 is 1.83 bits per heavy atom. The molecule has 0 saturated heterocycles. The minimum atomic E-state index is 0.433. The van der Waals surface area contributed by atoms with Crippen LogP contribution in [0.4, 0.5) is 0 Å². The van der Waals surface area contributed by atoms with Gasteiger partial charge in [-0.1, -0.05) is 73.8 Å². The molecule has 0 spiro atoms. The van der Waals surface area contributed by atoms with Crippen LogP contribution in [-0.4, -0.2) is 5.33 Å². The van der Waals surface area contributed by atoms with Crippen molar-refractivity contribution >= 4 is 43.5 Å². The molecule has 94 valence electrons. The predicted molar refractivity (Wildman–Crippen MR) is 85.8 cm³/mol. The van der Waals surface area contributed by atoms with Crippen molar-refractivity contribution in [2.45, 2.75) is 12.3 Å². The highest BCUT2D eigenvalue weighted by molar-refractivity contribution is 9.10. The van der Waals surface area contributed by atoms with Crippen molar-refractivity contribution in [1.29, 1.82) is 0 Å². The average Bonchev–Trinajstić information content (AvgIpc) is 2.38. The average molecular weight is 389 g/mol. The molecular weight excluding hydrogens is 375 g/mol. The van der Waals surface area contributed by atoms with Crippen LogP contribution in [0.15, 0.2) is 53.0 Å². The smallest absolute Gasteiger partial charge is 0.0408 e. The third-order valence-corrected chi connectivity index (χ3v) is 4.72. The van der Waals surface area contributed by atoms with E-state index >= 15 is 0 Å². The van der Waals surface area contributed by atoms with Gasteiger partial charge in [-0.3, -0.25) is 0 Å². The molecule has 0 nitrogen and oxygen atoms in total. The molecule has 0 radical (unpaired) electrons. The first kappa shape index (κ1) is 14.1. The van der Waals surface area contributed by atoms with E-state index in [0.29, 0.717) is 5.92 Å². The molecule has 18 heavy (non-hydrogen) atoms. The van der Waals surface area contributed by atoms with Crippen LogP contribution in [0, 0.1) is 0 Å². The van der Waals surface area contributed by atoms with E-state index in [4.69, 9.17) is 11.6 Å². The summed E-state index contributed by atoms with van der Waals surface area (Å²) in [5.74, 6) is 0.433. The van der Waals surface area contributed by atoms with Crippen molar-refractivity contribution in [3.8, 4) is 0 Å². The highest BCUT2D eigenvalue weighted by Crippen LogP contribution is 2.28. The van der Waals surface area contributed by atoms with E-state index in [9.17, 15) is 0 Å². The van der Waals surface area contributed by atoms with Gasteiger partial charge in [0.05, 0.1) is 0 Å². The topological polar surface area (TPSA) is 0 Å². The maximum atomic E-state index is 6.06. The van der Waals surface area contributed by atoms with Crippen LogP contribution in [0.25, 0.3) is 0 Å². The van der Waals surface area contributed by atoms with Crippen LogP contribution in [0.5, 0.6) is 0 Å². The van der Waals surface area contributed by atoms with Gasteiger partial charge in [-0.25, -0.2) is 0 Å². The SMILES string of the molecule is Clc1cccc(C(CBr)Cc2ccccc2Br)c1. The molecule has 0 aliphatic rings. The van der Waals surface area contributed by atoms with Crippen molar-refractivity contribution < 1.29 is 0 Å². The first-order chi connectivity index (χ1) is 8.70. The molecule has 0 aromatic heterocycles. The summed E-state index contributed by atoms with van der Waals surface area (Å²) in [5.41, 5.74) is 2.59. The second-order valence-electron chi connectivity index (χ2n) is 4.20. The molecule has 0 fully saturated rings. The standard InChI is InChI=1S/C15H13Br2Cl/c16-10-13(11-5-3-6-14(18)9-11)8-12-4-1-2-7-15(12)17/h1-7,9,13H,8,10H2. The van der Waals surface area contributed by atoms with E-state index < -0.39 is 0 Å². The summed E-state index contributed by atoms with van der Waals surface area (Å²) in [6.07, 6.45) is 0.993. The highest BCUT2D eigenvalue weighted by atomic mass is 79.9. The molecule has 2 rings (SSSR count). The molecule has 0 aliphatic heterocycles. The lowest BCUT2D eigenvalue weighted by Gasteiger charge is -2.16. The molecular formula is C15H13Br2Cl. The molecule has 0 saturated carbocycles. The number of halogens is 3. The van der Waals surface area contributed by atoms with E-state index in [-0.39, 0.29) is 0 Å². The third-order valence-electron chi connectivity index (χ3n) is 2.93. The fourth-order valence-electron chi connectivity index (χ4n) is 1.95. The predicted octanol–water partition coefficient (Wildman–Crippen LogP) is 5.82. The van der Waals surface area contributed by atoms with Gasteiger partial charge in [-0.05, 0) is 41.7 Å². The van der Waals surface area contributed by atoms with Gasteiger partial charge in [-0.2, -0.15) is 0 Å². The largest absolute Gasteiger partial charge is 0.0921 e. The molecule has 1 unspecified atom stereocenters. The van der Waals surface area contributed by atoms with E-state index in [1.807, 2.05) is 24.3 Å². The lowest BCUT2D eigenvalue weighted by atomic mass is 9.94. The summed E-state index contributed by atoms with van der Waals surface area (Å²) in [6, 6.07) is 16.4. The second-order valence-corrected chi connectivity index (χ2v) is 6.14. The quantitative estimate of drug-likeness (QED) is 0.579. The number of hydrogen-bond acceptors (Lipinski definition) is 0. The maximum Gasteiger partial charge on any atom is 0.0408 e. The molecule has 0 N–H and O–H groups in total. The van der Waals surface area contributed by atoms with Crippen molar-refractivity contribution in [2.75, 3.05) is 5.33 Å². The molecule has 0 amide bonds. The van der Waals surface area contributed by atoms with Crippen LogP contribution in [0.1, 0.15) is 17.0 Å².